The van der Waals surface area contributed by atoms with Crippen molar-refractivity contribution in [3.8, 4) is 0 Å². The minimum Gasteiger partial charge on any atom is -0.381 e. The molecule has 0 aliphatic carbocycles. The third kappa shape index (κ3) is 4.99. The molecule has 1 aromatic heterocycles. The molecule has 0 radical (unpaired) electrons. The fourth-order valence-corrected chi connectivity index (χ4v) is 2.16. The number of hydrogen-bond donors (Lipinski definition) is 2. The molecular formula is C17H30N2O. The van der Waals surface area contributed by atoms with Gasteiger partial charge in [0.15, 0.2) is 0 Å². The number of rotatable bonds is 7. The van der Waals surface area contributed by atoms with E-state index in [2.05, 4.69) is 31.5 Å². The SMILES string of the molecule is C=Cc1c(/C=C\C)[nH]c(C)c1CCN(CC)CO.CC. The maximum Gasteiger partial charge on any atom is 0.0956 e. The smallest absolute Gasteiger partial charge is 0.0956 e. The van der Waals surface area contributed by atoms with Crippen LogP contribution in [-0.2, 0) is 6.42 Å². The van der Waals surface area contributed by atoms with E-state index in [0.29, 0.717) is 0 Å². The summed E-state index contributed by atoms with van der Waals surface area (Å²) in [6.07, 6.45) is 6.92. The van der Waals surface area contributed by atoms with Gasteiger partial charge < -0.3 is 10.1 Å². The Bertz CT molecular complexity index is 415. The van der Waals surface area contributed by atoms with Crippen LogP contribution in [0.4, 0.5) is 0 Å². The Morgan fingerprint density at radius 2 is 2.00 bits per heavy atom. The maximum absolute atomic E-state index is 9.18. The van der Waals surface area contributed by atoms with Crippen molar-refractivity contribution in [2.45, 2.75) is 41.0 Å². The molecule has 2 N–H and O–H groups in total. The van der Waals surface area contributed by atoms with Crippen LogP contribution in [0.15, 0.2) is 12.7 Å². The monoisotopic (exact) mass is 278 g/mol. The van der Waals surface area contributed by atoms with Crippen LogP contribution in [0.25, 0.3) is 12.2 Å². The van der Waals surface area contributed by atoms with Gasteiger partial charge in [-0.15, -0.1) is 0 Å². The van der Waals surface area contributed by atoms with Gasteiger partial charge in [-0.05, 0) is 38.5 Å². The molecule has 0 aliphatic heterocycles. The van der Waals surface area contributed by atoms with Gasteiger partial charge in [-0.3, -0.25) is 4.90 Å². The van der Waals surface area contributed by atoms with Crippen LogP contribution in [0.1, 0.15) is 50.2 Å². The van der Waals surface area contributed by atoms with E-state index in [4.69, 9.17) is 0 Å². The number of aromatic amines is 1. The fourth-order valence-electron chi connectivity index (χ4n) is 2.16. The lowest BCUT2D eigenvalue weighted by atomic mass is 10.0. The molecular weight excluding hydrogens is 248 g/mol. The predicted octanol–water partition coefficient (Wildman–Crippen LogP) is 3.84. The third-order valence-corrected chi connectivity index (χ3v) is 3.25. The van der Waals surface area contributed by atoms with Gasteiger partial charge in [0.2, 0.25) is 0 Å². The van der Waals surface area contributed by atoms with E-state index >= 15 is 0 Å². The zero-order valence-electron chi connectivity index (χ0n) is 13.7. The summed E-state index contributed by atoms with van der Waals surface area (Å²) in [6, 6.07) is 0. The summed E-state index contributed by atoms with van der Waals surface area (Å²) >= 11 is 0. The van der Waals surface area contributed by atoms with Crippen LogP contribution < -0.4 is 0 Å². The molecule has 0 atom stereocenters. The van der Waals surface area contributed by atoms with Gasteiger partial charge in [0.1, 0.15) is 0 Å². The first-order valence-electron chi connectivity index (χ1n) is 7.47. The van der Waals surface area contributed by atoms with Crippen molar-refractivity contribution in [1.82, 2.24) is 9.88 Å². The molecule has 0 saturated heterocycles. The van der Waals surface area contributed by atoms with Gasteiger partial charge in [-0.2, -0.15) is 0 Å². The van der Waals surface area contributed by atoms with Crippen molar-refractivity contribution in [3.63, 3.8) is 0 Å². The fraction of sp³-hybridized carbons (Fsp3) is 0.529. The summed E-state index contributed by atoms with van der Waals surface area (Å²) in [7, 11) is 0. The van der Waals surface area contributed by atoms with Crippen molar-refractivity contribution in [2.24, 2.45) is 0 Å². The first kappa shape index (κ1) is 18.7. The maximum atomic E-state index is 9.18. The molecule has 1 rings (SSSR count). The van der Waals surface area contributed by atoms with Gasteiger partial charge in [0.25, 0.3) is 0 Å². The molecule has 114 valence electrons. The van der Waals surface area contributed by atoms with Crippen molar-refractivity contribution in [1.29, 1.82) is 0 Å². The molecule has 1 heterocycles. The Morgan fingerprint density at radius 1 is 1.35 bits per heavy atom. The van der Waals surface area contributed by atoms with Gasteiger partial charge in [-0.1, -0.05) is 39.5 Å². The number of aryl methyl sites for hydroxylation is 1. The van der Waals surface area contributed by atoms with Crippen LogP contribution in [0.3, 0.4) is 0 Å². The van der Waals surface area contributed by atoms with Crippen LogP contribution in [0.2, 0.25) is 0 Å². The number of aliphatic hydroxyl groups is 1. The van der Waals surface area contributed by atoms with E-state index in [1.807, 2.05) is 37.8 Å². The van der Waals surface area contributed by atoms with E-state index in [1.54, 1.807) is 0 Å². The first-order valence-corrected chi connectivity index (χ1v) is 7.47. The Hall–Kier alpha value is -1.32. The van der Waals surface area contributed by atoms with Crippen LogP contribution in [-0.4, -0.2) is 34.8 Å². The molecule has 0 saturated carbocycles. The number of aliphatic hydroxyl groups excluding tert-OH is 1. The Kier molecular flexibility index (Phi) is 9.77. The summed E-state index contributed by atoms with van der Waals surface area (Å²) in [5.41, 5.74) is 4.78. The second kappa shape index (κ2) is 10.5. The number of allylic oxidation sites excluding steroid dienone is 1. The largest absolute Gasteiger partial charge is 0.381 e. The molecule has 20 heavy (non-hydrogen) atoms. The van der Waals surface area contributed by atoms with Crippen molar-refractivity contribution >= 4 is 12.2 Å². The number of hydrogen-bond acceptors (Lipinski definition) is 2. The highest BCUT2D eigenvalue weighted by Crippen LogP contribution is 2.22. The van der Waals surface area contributed by atoms with E-state index in [-0.39, 0.29) is 6.73 Å². The first-order chi connectivity index (χ1) is 9.67. The lowest BCUT2D eigenvalue weighted by molar-refractivity contribution is 0.114. The Morgan fingerprint density at radius 3 is 2.45 bits per heavy atom. The summed E-state index contributed by atoms with van der Waals surface area (Å²) in [4.78, 5) is 5.39. The van der Waals surface area contributed by atoms with Crippen LogP contribution in [0, 0.1) is 6.92 Å². The van der Waals surface area contributed by atoms with Crippen molar-refractivity contribution < 1.29 is 5.11 Å². The molecule has 0 bridgehead atoms. The highest BCUT2D eigenvalue weighted by atomic mass is 16.3. The number of likely N-dealkylation sites (N-methyl/N-ethyl adjacent to an activating group) is 1. The minimum atomic E-state index is 0.116. The molecule has 3 nitrogen and oxygen atoms in total. The van der Waals surface area contributed by atoms with Gasteiger partial charge in [-0.25, -0.2) is 0 Å². The number of aromatic nitrogens is 1. The second-order valence-corrected chi connectivity index (χ2v) is 4.36. The molecule has 0 spiro atoms. The summed E-state index contributed by atoms with van der Waals surface area (Å²) in [5, 5.41) is 9.18. The quantitative estimate of drug-likeness (QED) is 0.744. The summed E-state index contributed by atoms with van der Waals surface area (Å²) in [6.45, 7) is 15.9. The number of nitrogens with one attached hydrogen (secondary N) is 1. The third-order valence-electron chi connectivity index (χ3n) is 3.25. The molecule has 1 aromatic rings. The van der Waals surface area contributed by atoms with Crippen molar-refractivity contribution in [3.05, 3.63) is 35.2 Å². The van der Waals surface area contributed by atoms with Crippen molar-refractivity contribution in [2.75, 3.05) is 19.8 Å². The Balaban J connectivity index is 0.00000172. The molecule has 0 fully saturated rings. The standard InChI is InChI=1S/C15H24N2O.C2H6/c1-5-8-15-13(6-2)14(12(4)16-15)9-10-17(7-3)11-18;1-2/h5-6,8,16,18H,2,7,9-11H2,1,3-4H3;1-2H3/b8-5-;. The highest BCUT2D eigenvalue weighted by molar-refractivity contribution is 5.66. The van der Waals surface area contributed by atoms with E-state index < -0.39 is 0 Å². The average molecular weight is 278 g/mol. The zero-order chi connectivity index (χ0) is 15.5. The Labute approximate surface area is 124 Å². The number of nitrogens with zero attached hydrogens (tertiary/aromatic N) is 1. The molecule has 0 aromatic carbocycles. The molecule has 0 aliphatic rings. The lowest BCUT2D eigenvalue weighted by Gasteiger charge is -2.17. The lowest BCUT2D eigenvalue weighted by Crippen LogP contribution is -2.26. The second-order valence-electron chi connectivity index (χ2n) is 4.36. The number of H-pyrrole nitrogens is 1. The topological polar surface area (TPSA) is 39.3 Å². The molecule has 3 heteroatoms. The van der Waals surface area contributed by atoms with Crippen LogP contribution >= 0.6 is 0 Å². The minimum absolute atomic E-state index is 0.116. The normalized spacial score (nSPS) is 10.8. The molecule has 0 unspecified atom stereocenters. The van der Waals surface area contributed by atoms with Gasteiger partial charge in [0, 0.05) is 23.5 Å². The van der Waals surface area contributed by atoms with Crippen LogP contribution in [0.5, 0.6) is 0 Å². The van der Waals surface area contributed by atoms with E-state index in [0.717, 1.165) is 25.2 Å². The summed E-state index contributed by atoms with van der Waals surface area (Å²) in [5.74, 6) is 0. The predicted molar refractivity (Wildman–Crippen MR) is 89.7 cm³/mol. The van der Waals surface area contributed by atoms with Gasteiger partial charge in [0.05, 0.1) is 6.73 Å². The highest BCUT2D eigenvalue weighted by Gasteiger charge is 2.11. The summed E-state index contributed by atoms with van der Waals surface area (Å²) < 4.78 is 0. The zero-order valence-corrected chi connectivity index (χ0v) is 13.7. The van der Waals surface area contributed by atoms with E-state index in [9.17, 15) is 5.11 Å². The average Bonchev–Trinajstić information content (AvgIpc) is 2.78. The molecule has 0 amide bonds. The van der Waals surface area contributed by atoms with E-state index in [1.165, 1.54) is 16.8 Å². The van der Waals surface area contributed by atoms with Gasteiger partial charge >= 0.3 is 0 Å².